The van der Waals surface area contributed by atoms with Gasteiger partial charge in [-0.2, -0.15) is 0 Å². The monoisotopic (exact) mass is 276 g/mol. The van der Waals surface area contributed by atoms with E-state index in [1.165, 1.54) is 24.3 Å². The Hall–Kier alpha value is -1.22. The summed E-state index contributed by atoms with van der Waals surface area (Å²) in [5, 5.41) is 4.91. The summed E-state index contributed by atoms with van der Waals surface area (Å²) in [5.74, 6) is 0. The number of rotatable bonds is 5. The molecule has 0 saturated heterocycles. The van der Waals surface area contributed by atoms with Crippen molar-refractivity contribution in [1.82, 2.24) is 4.72 Å². The van der Waals surface area contributed by atoms with Gasteiger partial charge in [0, 0.05) is 6.54 Å². The first-order chi connectivity index (χ1) is 7.77. The van der Waals surface area contributed by atoms with Gasteiger partial charge in [0.15, 0.2) is 0 Å². The second-order valence-electron chi connectivity index (χ2n) is 3.16. The van der Waals surface area contributed by atoms with E-state index in [0.29, 0.717) is 0 Å². The molecule has 0 fully saturated rings. The third kappa shape index (κ3) is 3.63. The Bertz CT molecular complexity index is 620. The molecule has 1 aromatic rings. The van der Waals surface area contributed by atoms with Crippen LogP contribution in [0.3, 0.4) is 0 Å². The Morgan fingerprint density at radius 1 is 1.24 bits per heavy atom. The largest absolute Gasteiger partial charge is 0.240 e. The Labute approximate surface area is 100 Å². The van der Waals surface area contributed by atoms with Crippen LogP contribution >= 0.6 is 0 Å². The van der Waals surface area contributed by atoms with Gasteiger partial charge in [-0.25, -0.2) is 26.7 Å². The van der Waals surface area contributed by atoms with Crippen LogP contribution in [0, 0.1) is 0 Å². The van der Waals surface area contributed by atoms with E-state index in [9.17, 15) is 16.8 Å². The zero-order valence-electron chi connectivity index (χ0n) is 8.83. The fourth-order valence-electron chi connectivity index (χ4n) is 1.07. The predicted molar refractivity (Wildman–Crippen MR) is 63.2 cm³/mol. The Morgan fingerprint density at radius 3 is 2.35 bits per heavy atom. The number of nitrogens with two attached hydrogens (primary N) is 1. The van der Waals surface area contributed by atoms with E-state index in [1.54, 1.807) is 0 Å². The average Bonchev–Trinajstić information content (AvgIpc) is 2.25. The second-order valence-corrected chi connectivity index (χ2v) is 6.49. The summed E-state index contributed by atoms with van der Waals surface area (Å²) in [6.07, 6.45) is 1.38. The standard InChI is InChI=1S/C9H12N2O4S2/c1-2-6-11-17(14,15)9-5-3-4-8(7-9)16(10,12)13/h2-5,7,11H,1,6H2,(H2,10,12,13). The first kappa shape index (κ1) is 13.8. The summed E-state index contributed by atoms with van der Waals surface area (Å²) in [4.78, 5) is -0.412. The number of benzene rings is 1. The molecule has 3 N–H and O–H groups in total. The van der Waals surface area contributed by atoms with Gasteiger partial charge in [-0.1, -0.05) is 12.1 Å². The Kier molecular flexibility index (Phi) is 4.04. The van der Waals surface area contributed by atoms with Gasteiger partial charge < -0.3 is 0 Å². The molecule has 0 aliphatic heterocycles. The lowest BCUT2D eigenvalue weighted by atomic mass is 10.4. The van der Waals surface area contributed by atoms with E-state index >= 15 is 0 Å². The van der Waals surface area contributed by atoms with Crippen LogP contribution in [0.4, 0.5) is 0 Å². The van der Waals surface area contributed by atoms with Gasteiger partial charge in [-0.3, -0.25) is 0 Å². The molecule has 0 amide bonds. The van der Waals surface area contributed by atoms with Crippen LogP contribution in [-0.2, 0) is 20.0 Å². The molecule has 8 heteroatoms. The maximum Gasteiger partial charge on any atom is 0.240 e. The van der Waals surface area contributed by atoms with Crippen molar-refractivity contribution in [3.63, 3.8) is 0 Å². The summed E-state index contributed by atoms with van der Waals surface area (Å²) in [5.41, 5.74) is 0. The van der Waals surface area contributed by atoms with Crippen LogP contribution in [0.2, 0.25) is 0 Å². The summed E-state index contributed by atoms with van der Waals surface area (Å²) < 4.78 is 47.7. The van der Waals surface area contributed by atoms with Crippen LogP contribution in [0.5, 0.6) is 0 Å². The summed E-state index contributed by atoms with van der Waals surface area (Å²) in [6, 6.07) is 4.81. The molecule has 1 aromatic carbocycles. The minimum Gasteiger partial charge on any atom is -0.225 e. The maximum absolute atomic E-state index is 11.7. The molecule has 6 nitrogen and oxygen atoms in total. The first-order valence-corrected chi connectivity index (χ1v) is 7.54. The lowest BCUT2D eigenvalue weighted by Gasteiger charge is -2.05. The Balaban J connectivity index is 3.21. The molecule has 0 aromatic heterocycles. The number of hydrogen-bond acceptors (Lipinski definition) is 4. The van der Waals surface area contributed by atoms with Gasteiger partial charge in [-0.15, -0.1) is 6.58 Å². The van der Waals surface area contributed by atoms with E-state index in [2.05, 4.69) is 11.3 Å². The van der Waals surface area contributed by atoms with Gasteiger partial charge in [-0.05, 0) is 18.2 Å². The van der Waals surface area contributed by atoms with E-state index in [-0.39, 0.29) is 16.3 Å². The van der Waals surface area contributed by atoms with Gasteiger partial charge in [0.05, 0.1) is 9.79 Å². The van der Waals surface area contributed by atoms with Crippen LogP contribution in [0.15, 0.2) is 46.7 Å². The SMILES string of the molecule is C=CCNS(=O)(=O)c1cccc(S(N)(=O)=O)c1. The van der Waals surface area contributed by atoms with Crippen molar-refractivity contribution in [3.05, 3.63) is 36.9 Å². The quantitative estimate of drug-likeness (QED) is 0.726. The number of hydrogen-bond donors (Lipinski definition) is 2. The van der Waals surface area contributed by atoms with Crippen molar-refractivity contribution in [2.24, 2.45) is 5.14 Å². The fraction of sp³-hybridized carbons (Fsp3) is 0.111. The van der Waals surface area contributed by atoms with Crippen LogP contribution < -0.4 is 9.86 Å². The zero-order chi connectivity index (χ0) is 13.1. The summed E-state index contributed by atoms with van der Waals surface area (Å²) >= 11 is 0. The maximum atomic E-state index is 11.7. The topological polar surface area (TPSA) is 106 Å². The van der Waals surface area contributed by atoms with Gasteiger partial charge in [0.1, 0.15) is 0 Å². The molecular formula is C9H12N2O4S2. The van der Waals surface area contributed by atoms with Crippen LogP contribution in [-0.4, -0.2) is 23.4 Å². The molecule has 0 aliphatic carbocycles. The highest BCUT2D eigenvalue weighted by atomic mass is 32.2. The van der Waals surface area contributed by atoms with Gasteiger partial charge >= 0.3 is 0 Å². The molecule has 0 spiro atoms. The Morgan fingerprint density at radius 2 is 1.82 bits per heavy atom. The lowest BCUT2D eigenvalue weighted by molar-refractivity contribution is 0.585. The molecule has 0 saturated carbocycles. The van der Waals surface area contributed by atoms with E-state index in [0.717, 1.165) is 6.07 Å². The predicted octanol–water partition coefficient (Wildman–Crippen LogP) is -0.202. The molecule has 0 aliphatic rings. The van der Waals surface area contributed by atoms with E-state index < -0.39 is 20.0 Å². The number of sulfonamides is 2. The first-order valence-electron chi connectivity index (χ1n) is 4.51. The molecular weight excluding hydrogens is 264 g/mol. The number of primary sulfonamides is 1. The van der Waals surface area contributed by atoms with Crippen molar-refractivity contribution in [3.8, 4) is 0 Å². The third-order valence-electron chi connectivity index (χ3n) is 1.86. The highest BCUT2D eigenvalue weighted by Crippen LogP contribution is 2.14. The summed E-state index contributed by atoms with van der Waals surface area (Å²) in [6.45, 7) is 3.43. The van der Waals surface area contributed by atoms with Crippen molar-refractivity contribution in [2.75, 3.05) is 6.54 Å². The highest BCUT2D eigenvalue weighted by molar-refractivity contribution is 7.90. The van der Waals surface area contributed by atoms with E-state index in [4.69, 9.17) is 5.14 Å². The lowest BCUT2D eigenvalue weighted by Crippen LogP contribution is -2.24. The van der Waals surface area contributed by atoms with Gasteiger partial charge in [0.25, 0.3) is 0 Å². The van der Waals surface area contributed by atoms with E-state index in [1.807, 2.05) is 0 Å². The zero-order valence-corrected chi connectivity index (χ0v) is 10.5. The van der Waals surface area contributed by atoms with Crippen molar-refractivity contribution in [1.29, 1.82) is 0 Å². The molecule has 0 heterocycles. The highest BCUT2D eigenvalue weighted by Gasteiger charge is 2.16. The van der Waals surface area contributed by atoms with Crippen LogP contribution in [0.25, 0.3) is 0 Å². The smallest absolute Gasteiger partial charge is 0.225 e. The van der Waals surface area contributed by atoms with Crippen molar-refractivity contribution < 1.29 is 16.8 Å². The average molecular weight is 276 g/mol. The molecule has 0 unspecified atom stereocenters. The molecule has 0 atom stereocenters. The molecule has 0 radical (unpaired) electrons. The summed E-state index contributed by atoms with van der Waals surface area (Å²) in [7, 11) is -7.66. The van der Waals surface area contributed by atoms with Gasteiger partial charge in [0.2, 0.25) is 20.0 Å². The van der Waals surface area contributed by atoms with Crippen molar-refractivity contribution >= 4 is 20.0 Å². The second kappa shape index (κ2) is 4.96. The molecule has 17 heavy (non-hydrogen) atoms. The minimum atomic E-state index is -3.92. The molecule has 94 valence electrons. The third-order valence-corrected chi connectivity index (χ3v) is 4.19. The molecule has 1 rings (SSSR count). The van der Waals surface area contributed by atoms with Crippen LogP contribution in [0.1, 0.15) is 0 Å². The van der Waals surface area contributed by atoms with Crippen molar-refractivity contribution in [2.45, 2.75) is 9.79 Å². The fourth-order valence-corrected chi connectivity index (χ4v) is 2.75. The normalized spacial score (nSPS) is 12.3. The molecule has 0 bridgehead atoms. The minimum absolute atomic E-state index is 0.0575. The number of nitrogens with one attached hydrogen (secondary N) is 1.